The van der Waals surface area contributed by atoms with Crippen molar-refractivity contribution in [2.45, 2.75) is 128 Å². The van der Waals surface area contributed by atoms with E-state index in [9.17, 15) is 13.7 Å². The zero-order valence-corrected chi connectivity index (χ0v) is 41.6. The predicted octanol–water partition coefficient (Wildman–Crippen LogP) is 16.0. The quantitative estimate of drug-likeness (QED) is 0.0961. The third-order valence-electron chi connectivity index (χ3n) is 13.4. The van der Waals surface area contributed by atoms with Gasteiger partial charge in [-0.3, -0.25) is 0 Å². The van der Waals surface area contributed by atoms with Crippen LogP contribution in [0.3, 0.4) is 0 Å². The van der Waals surface area contributed by atoms with E-state index in [1.165, 1.54) is 30.5 Å². The molecule has 0 N–H and O–H groups in total. The van der Waals surface area contributed by atoms with Crippen LogP contribution in [-0.2, 0) is 57.4 Å². The number of hydrogen-bond donors (Lipinski definition) is 0. The van der Waals surface area contributed by atoms with Crippen molar-refractivity contribution in [3.63, 3.8) is 0 Å². The summed E-state index contributed by atoms with van der Waals surface area (Å²) in [7, 11) is 0. The average molecular weight is 1090 g/mol. The van der Waals surface area contributed by atoms with Crippen LogP contribution in [0, 0.1) is 25.1 Å². The van der Waals surface area contributed by atoms with E-state index in [-0.39, 0.29) is 54.3 Å². The normalized spacial score (nSPS) is 19.1. The Morgan fingerprint density at radius 2 is 1.23 bits per heavy atom. The van der Waals surface area contributed by atoms with E-state index in [0.717, 1.165) is 56.1 Å². The minimum atomic E-state index is -2.89. The third-order valence-corrected chi connectivity index (χ3v) is 13.4. The van der Waals surface area contributed by atoms with Crippen LogP contribution in [0.2, 0.25) is 0 Å². The molecular weight excluding hydrogens is 1010 g/mol. The monoisotopic (exact) mass is 1090 g/mol. The van der Waals surface area contributed by atoms with Crippen LogP contribution < -0.4 is 0 Å². The van der Waals surface area contributed by atoms with Gasteiger partial charge in [-0.25, -0.2) is 0 Å². The number of benzene rings is 5. The summed E-state index contributed by atoms with van der Waals surface area (Å²) >= 11 is 0. The summed E-state index contributed by atoms with van der Waals surface area (Å²) in [6.07, 6.45) is 0.508. The Labute approximate surface area is 444 Å². The van der Waals surface area contributed by atoms with Crippen molar-refractivity contribution in [2.75, 3.05) is 0 Å². The standard InChI is InChI=1S/C65H64N3.Ir/c1-46-45-68-64(43-60(46)57-19-13-18-56(41-57)51-14-5-4-6-15-51)55-32-34-59(35-33-55)65(2,3)44-50-39-48(23-22-47-24-28-54(29-25-47)62-20-9-11-36-66-62)38-49(40-50)26-27-53-30-31-58(63-21-10-12-37-67-63)42-61(53)52-16-7-8-17-52;/h9-13,18-21,24-25,28,30,32,34-43,45,51-52H,4-8,14-17,22-23,26-27,44H2,1-3H3;/q-3;+3/i1D3,22D2,23D2,26D2,27D2,51D,52D;. The van der Waals surface area contributed by atoms with E-state index in [4.69, 9.17) is 4.11 Å². The number of nitrogens with zero attached hydrogens (tertiary/aromatic N) is 3. The summed E-state index contributed by atoms with van der Waals surface area (Å²) in [5.41, 5.74) is 5.92. The first-order valence-electron chi connectivity index (χ1n) is 30.4. The fourth-order valence-corrected chi connectivity index (χ4v) is 9.67. The SMILES string of the molecule is [2H]C([2H])([2H])c1cnc(-c2[c-]cc(C(C)(C)Cc3cc(C([2H])([2H])C([2H])([2H])c4c[c-]c(-c5ccccn5)cc4)cc(C([2H])([2H])C([2H])([2H])c4c[c-]c(-c5ccccn5)cc4C4([2H])CCCC4)c3)cc2)cc1-c1cccc(C2([2H])CCCCC2)c1.[Ir+3]. The topological polar surface area (TPSA) is 38.7 Å². The van der Waals surface area contributed by atoms with Crippen molar-refractivity contribution < 1.29 is 37.9 Å². The van der Waals surface area contributed by atoms with Gasteiger partial charge in [-0.1, -0.05) is 131 Å². The van der Waals surface area contributed by atoms with Gasteiger partial charge in [0.1, 0.15) is 0 Å². The minimum Gasteiger partial charge on any atom is -0.305 e. The van der Waals surface area contributed by atoms with Gasteiger partial charge in [-0.05, 0) is 137 Å². The van der Waals surface area contributed by atoms with Crippen LogP contribution in [0.4, 0.5) is 0 Å². The van der Waals surface area contributed by atoms with Crippen LogP contribution in [0.5, 0.6) is 0 Å². The Bertz CT molecular complexity index is 3540. The molecule has 2 saturated carbocycles. The molecule has 348 valence electrons. The minimum absolute atomic E-state index is 0. The molecule has 3 nitrogen and oxygen atoms in total. The Balaban J connectivity index is 0.00000810. The number of aryl methyl sites for hydroxylation is 5. The Morgan fingerprint density at radius 1 is 0.580 bits per heavy atom. The fraction of sp³-hybridized carbons (Fsp3) is 0.308. The molecular formula is C65H64IrN3. The average Bonchev–Trinajstić information content (AvgIpc) is 1.81. The molecule has 0 spiro atoms. The van der Waals surface area contributed by atoms with Crippen molar-refractivity contribution in [1.82, 2.24) is 15.0 Å². The maximum absolute atomic E-state index is 9.89. The first-order valence-corrected chi connectivity index (χ1v) is 23.9. The van der Waals surface area contributed by atoms with Crippen LogP contribution in [-0.4, -0.2) is 15.0 Å². The molecule has 3 aromatic heterocycles. The van der Waals surface area contributed by atoms with E-state index in [1.807, 2.05) is 68.4 Å². The second-order valence-corrected chi connectivity index (χ2v) is 18.7. The van der Waals surface area contributed by atoms with Gasteiger partial charge in [0.05, 0.1) is 0 Å². The van der Waals surface area contributed by atoms with E-state index >= 15 is 0 Å². The number of pyridine rings is 3. The molecule has 2 aliphatic rings. The second kappa shape index (κ2) is 22.3. The number of aromatic nitrogens is 3. The van der Waals surface area contributed by atoms with E-state index in [2.05, 4.69) is 33.2 Å². The van der Waals surface area contributed by atoms with Crippen LogP contribution >= 0.6 is 0 Å². The molecule has 0 unspecified atom stereocenters. The molecule has 0 saturated heterocycles. The van der Waals surface area contributed by atoms with Crippen LogP contribution in [0.25, 0.3) is 44.9 Å². The maximum Gasteiger partial charge on any atom is 3.00 e. The van der Waals surface area contributed by atoms with Gasteiger partial charge >= 0.3 is 20.1 Å². The Morgan fingerprint density at radius 3 is 1.93 bits per heavy atom. The summed E-state index contributed by atoms with van der Waals surface area (Å²) < 4.78 is 122. The second-order valence-electron chi connectivity index (χ2n) is 18.7. The molecule has 0 bridgehead atoms. The zero-order valence-electron chi connectivity index (χ0n) is 52.2. The molecule has 5 aromatic carbocycles. The molecule has 2 aliphatic carbocycles. The van der Waals surface area contributed by atoms with Crippen molar-refractivity contribution in [3.05, 3.63) is 220 Å². The molecule has 0 radical (unpaired) electrons. The molecule has 2 fully saturated rings. The van der Waals surface area contributed by atoms with Crippen molar-refractivity contribution in [1.29, 1.82) is 0 Å². The molecule has 10 rings (SSSR count). The molecule has 0 amide bonds. The van der Waals surface area contributed by atoms with E-state index in [1.54, 1.807) is 67.0 Å². The summed E-state index contributed by atoms with van der Waals surface area (Å²) in [6.45, 7) is 1.49. The van der Waals surface area contributed by atoms with Gasteiger partial charge < -0.3 is 15.0 Å². The molecule has 69 heavy (non-hydrogen) atoms. The van der Waals surface area contributed by atoms with Gasteiger partial charge in [0.2, 0.25) is 0 Å². The first kappa shape index (κ1) is 34.5. The Kier molecular flexibility index (Phi) is 11.1. The van der Waals surface area contributed by atoms with Crippen molar-refractivity contribution in [3.8, 4) is 44.9 Å². The summed E-state index contributed by atoms with van der Waals surface area (Å²) in [5, 5.41) is 0. The molecule has 8 aromatic rings. The number of hydrogen-bond acceptors (Lipinski definition) is 3. The fourth-order valence-electron chi connectivity index (χ4n) is 9.67. The Hall–Kier alpha value is -5.80. The van der Waals surface area contributed by atoms with Gasteiger partial charge in [0, 0.05) is 36.4 Å². The van der Waals surface area contributed by atoms with Gasteiger partial charge in [-0.15, -0.1) is 106 Å². The zero-order chi connectivity index (χ0) is 57.8. The van der Waals surface area contributed by atoms with Gasteiger partial charge in [0.15, 0.2) is 0 Å². The summed E-state index contributed by atoms with van der Waals surface area (Å²) in [4.78, 5) is 13.5. The molecule has 0 atom stereocenters. The van der Waals surface area contributed by atoms with Gasteiger partial charge in [0.25, 0.3) is 0 Å². The summed E-state index contributed by atoms with van der Waals surface area (Å²) in [6, 6.07) is 47.4. The van der Waals surface area contributed by atoms with Crippen molar-refractivity contribution >= 4 is 0 Å². The number of rotatable bonds is 15. The van der Waals surface area contributed by atoms with E-state index in [0.29, 0.717) is 68.9 Å². The first-order chi connectivity index (χ1) is 38.2. The van der Waals surface area contributed by atoms with E-state index < -0.39 is 49.5 Å². The smallest absolute Gasteiger partial charge is 0.305 e. The third kappa shape index (κ3) is 11.8. The largest absolute Gasteiger partial charge is 3.00 e. The predicted molar refractivity (Wildman–Crippen MR) is 281 cm³/mol. The van der Waals surface area contributed by atoms with Gasteiger partial charge in [-0.2, -0.15) is 0 Å². The van der Waals surface area contributed by atoms with Crippen molar-refractivity contribution in [2.24, 2.45) is 0 Å². The maximum atomic E-state index is 9.89. The summed E-state index contributed by atoms with van der Waals surface area (Å²) in [5.74, 6) is -1.96. The van der Waals surface area contributed by atoms with Crippen LogP contribution in [0.1, 0.15) is 151 Å². The van der Waals surface area contributed by atoms with Crippen LogP contribution in [0.15, 0.2) is 152 Å². The molecule has 4 heteroatoms. The molecule has 3 heterocycles. The molecule has 0 aliphatic heterocycles.